The molecular weight excluding hydrogens is 416 g/mol. The third-order valence-electron chi connectivity index (χ3n) is 4.10. The van der Waals surface area contributed by atoms with E-state index in [0.717, 1.165) is 12.1 Å². The molecule has 0 aliphatic heterocycles. The molecule has 0 spiro atoms. The average Bonchev–Trinajstić information content (AvgIpc) is 3.11. The van der Waals surface area contributed by atoms with Crippen LogP contribution in [0.1, 0.15) is 23.4 Å². The van der Waals surface area contributed by atoms with Gasteiger partial charge in [-0.15, -0.1) is 5.10 Å². The van der Waals surface area contributed by atoms with Gasteiger partial charge in [0, 0.05) is 11.1 Å². The minimum Gasteiger partial charge on any atom is -0.490 e. The molecule has 2 aromatic carbocycles. The fourth-order valence-electron chi connectivity index (χ4n) is 2.51. The van der Waals surface area contributed by atoms with Crippen molar-refractivity contribution in [2.45, 2.75) is 19.4 Å². The monoisotopic (exact) mass is 431 g/mol. The minimum atomic E-state index is -1.47. The van der Waals surface area contributed by atoms with E-state index in [2.05, 4.69) is 15.4 Å². The summed E-state index contributed by atoms with van der Waals surface area (Å²) in [5, 5.41) is 16.7. The molecule has 1 atom stereocenters. The van der Waals surface area contributed by atoms with Gasteiger partial charge in [-0.1, -0.05) is 11.6 Å². The van der Waals surface area contributed by atoms with Crippen molar-refractivity contribution < 1.29 is 18.3 Å². The summed E-state index contributed by atoms with van der Waals surface area (Å²) in [6, 6.07) is 11.7. The lowest BCUT2D eigenvalue weighted by Gasteiger charge is -2.22. The molecule has 0 aliphatic carbocycles. The Morgan fingerprint density at radius 3 is 2.60 bits per heavy atom. The Kier molecular flexibility index (Phi) is 5.99. The molecule has 0 bridgehead atoms. The second-order valence-corrected chi connectivity index (χ2v) is 7.07. The molecule has 0 unspecified atom stereocenters. The van der Waals surface area contributed by atoms with E-state index in [-0.39, 0.29) is 18.2 Å². The first-order chi connectivity index (χ1) is 14.2. The smallest absolute Gasteiger partial charge is 0.292 e. The van der Waals surface area contributed by atoms with Gasteiger partial charge in [0.1, 0.15) is 18.2 Å². The highest BCUT2D eigenvalue weighted by molar-refractivity contribution is 6.30. The van der Waals surface area contributed by atoms with Gasteiger partial charge in [-0.3, -0.25) is 4.79 Å². The van der Waals surface area contributed by atoms with Crippen molar-refractivity contribution in [1.29, 1.82) is 5.26 Å². The summed E-state index contributed by atoms with van der Waals surface area (Å²) in [6.45, 7) is 2.79. The fourth-order valence-corrected chi connectivity index (χ4v) is 2.64. The van der Waals surface area contributed by atoms with E-state index in [4.69, 9.17) is 16.3 Å². The van der Waals surface area contributed by atoms with Crippen LogP contribution in [0.2, 0.25) is 5.02 Å². The van der Waals surface area contributed by atoms with Crippen LogP contribution in [-0.2, 0) is 0 Å². The van der Waals surface area contributed by atoms with Gasteiger partial charge in [0.05, 0.1) is 11.8 Å². The Hall–Kier alpha value is -3.51. The molecule has 0 radical (unpaired) electrons. The molecule has 154 valence electrons. The molecule has 3 aromatic rings. The van der Waals surface area contributed by atoms with Crippen LogP contribution in [0.15, 0.2) is 42.5 Å². The number of aromatic nitrogens is 3. The topological polar surface area (TPSA) is 92.8 Å². The number of carbonyl (C=O) groups is 1. The van der Waals surface area contributed by atoms with Crippen molar-refractivity contribution >= 4 is 17.5 Å². The predicted molar refractivity (Wildman–Crippen MR) is 104 cm³/mol. The molecule has 30 heavy (non-hydrogen) atoms. The first-order valence-corrected chi connectivity index (χ1v) is 9.10. The molecule has 3 rings (SSSR count). The first-order valence-electron chi connectivity index (χ1n) is 8.72. The number of amides is 1. The average molecular weight is 432 g/mol. The zero-order valence-electron chi connectivity index (χ0n) is 16.0. The quantitative estimate of drug-likeness (QED) is 0.643. The van der Waals surface area contributed by atoms with Crippen molar-refractivity contribution in [1.82, 2.24) is 20.1 Å². The Bertz CT molecular complexity index is 1130. The number of ether oxygens (including phenoxy) is 1. The summed E-state index contributed by atoms with van der Waals surface area (Å²) in [7, 11) is 0. The third kappa shape index (κ3) is 4.72. The predicted octanol–water partition coefficient (Wildman–Crippen LogP) is 3.60. The maximum Gasteiger partial charge on any atom is 0.292 e. The van der Waals surface area contributed by atoms with E-state index in [9.17, 15) is 18.8 Å². The maximum atomic E-state index is 13.3. The maximum absolute atomic E-state index is 13.3. The Morgan fingerprint density at radius 1 is 1.27 bits per heavy atom. The molecule has 7 nitrogen and oxygen atoms in total. The molecule has 0 aliphatic rings. The van der Waals surface area contributed by atoms with Crippen molar-refractivity contribution in [3.05, 3.63) is 70.8 Å². The molecule has 1 N–H and O–H groups in total. The van der Waals surface area contributed by atoms with Crippen LogP contribution in [-0.4, -0.2) is 32.8 Å². The van der Waals surface area contributed by atoms with Crippen molar-refractivity contribution in [2.24, 2.45) is 0 Å². The number of nitrogens with zero attached hydrogens (tertiary/aromatic N) is 4. The van der Waals surface area contributed by atoms with Crippen LogP contribution in [0, 0.1) is 29.9 Å². The number of rotatable bonds is 6. The van der Waals surface area contributed by atoms with Gasteiger partial charge in [0.2, 0.25) is 5.82 Å². The van der Waals surface area contributed by atoms with E-state index in [1.165, 1.54) is 17.7 Å². The Balaban J connectivity index is 1.73. The van der Waals surface area contributed by atoms with Crippen molar-refractivity contribution in [3.8, 4) is 17.5 Å². The lowest BCUT2D eigenvalue weighted by Crippen LogP contribution is -2.49. The fraction of sp³-hybridized carbons (Fsp3) is 0.200. The van der Waals surface area contributed by atoms with E-state index in [1.54, 1.807) is 31.2 Å². The van der Waals surface area contributed by atoms with Crippen LogP contribution in [0.3, 0.4) is 0 Å². The Labute approximate surface area is 175 Å². The number of aryl methyl sites for hydroxylation is 1. The normalized spacial score (nSPS) is 12.7. The molecule has 0 saturated heterocycles. The van der Waals surface area contributed by atoms with Crippen LogP contribution in [0.25, 0.3) is 5.69 Å². The zero-order valence-corrected chi connectivity index (χ0v) is 16.7. The minimum absolute atomic E-state index is 0.0191. The number of nitrogens with one attached hydrogen (secondary N) is 1. The van der Waals surface area contributed by atoms with E-state index >= 15 is 0 Å². The number of hydrogen-bond donors (Lipinski definition) is 1. The summed E-state index contributed by atoms with van der Waals surface area (Å²) in [6.07, 6.45) is 0. The molecule has 1 amide bonds. The number of halogens is 3. The summed E-state index contributed by atoms with van der Waals surface area (Å²) in [5.41, 5.74) is -0.810. The highest BCUT2D eigenvalue weighted by Crippen LogP contribution is 2.18. The third-order valence-corrected chi connectivity index (χ3v) is 4.35. The molecular formula is C20H16ClF2N5O2. The largest absolute Gasteiger partial charge is 0.490 e. The van der Waals surface area contributed by atoms with E-state index in [0.29, 0.717) is 16.5 Å². The zero-order chi connectivity index (χ0) is 21.9. The van der Waals surface area contributed by atoms with Crippen LogP contribution in [0.4, 0.5) is 8.78 Å². The lowest BCUT2D eigenvalue weighted by atomic mass is 10.1. The second kappa shape index (κ2) is 8.47. The number of nitriles is 1. The van der Waals surface area contributed by atoms with E-state index < -0.39 is 23.1 Å². The number of carbonyl (C=O) groups excluding carboxylic acids is 1. The standard InChI is InChI=1S/C20H16ClF2N5O2/c1-12-25-18(27-28(12)14-5-3-13(21)4-6-14)19(29)26-20(2,10-24)11-30-15-7-8-16(22)17(23)9-15/h3-9H,11H2,1-2H3,(H,26,29)/t20-/m1/s1. The summed E-state index contributed by atoms with van der Waals surface area (Å²) in [4.78, 5) is 16.7. The second-order valence-electron chi connectivity index (χ2n) is 6.63. The number of hydrogen-bond acceptors (Lipinski definition) is 5. The van der Waals surface area contributed by atoms with Gasteiger partial charge in [-0.25, -0.2) is 18.4 Å². The van der Waals surface area contributed by atoms with Crippen molar-refractivity contribution in [2.75, 3.05) is 6.61 Å². The highest BCUT2D eigenvalue weighted by atomic mass is 35.5. The Morgan fingerprint density at radius 2 is 1.97 bits per heavy atom. The van der Waals surface area contributed by atoms with Gasteiger partial charge < -0.3 is 10.1 Å². The van der Waals surface area contributed by atoms with Gasteiger partial charge >= 0.3 is 0 Å². The summed E-state index contributed by atoms with van der Waals surface area (Å²) >= 11 is 5.88. The van der Waals surface area contributed by atoms with E-state index in [1.807, 2.05) is 6.07 Å². The molecule has 1 heterocycles. The summed E-state index contributed by atoms with van der Waals surface area (Å²) < 4.78 is 33.1. The van der Waals surface area contributed by atoms with Crippen LogP contribution < -0.4 is 10.1 Å². The SMILES string of the molecule is Cc1nc(C(=O)N[C@](C)(C#N)COc2ccc(F)c(F)c2)nn1-c1ccc(Cl)cc1. The van der Waals surface area contributed by atoms with Crippen LogP contribution in [0.5, 0.6) is 5.75 Å². The molecule has 0 saturated carbocycles. The molecule has 10 heteroatoms. The van der Waals surface area contributed by atoms with Crippen LogP contribution >= 0.6 is 11.6 Å². The molecule has 0 fully saturated rings. The van der Waals surface area contributed by atoms with Gasteiger partial charge in [0.25, 0.3) is 5.91 Å². The van der Waals surface area contributed by atoms with Gasteiger partial charge in [-0.05, 0) is 50.2 Å². The lowest BCUT2D eigenvalue weighted by molar-refractivity contribution is 0.0890. The van der Waals surface area contributed by atoms with Gasteiger partial charge in [0.15, 0.2) is 17.2 Å². The number of benzene rings is 2. The summed E-state index contributed by atoms with van der Waals surface area (Å²) in [5.74, 6) is -2.45. The first kappa shape index (κ1) is 21.2. The van der Waals surface area contributed by atoms with Crippen molar-refractivity contribution in [3.63, 3.8) is 0 Å². The molecule has 1 aromatic heterocycles. The van der Waals surface area contributed by atoms with Gasteiger partial charge in [-0.2, -0.15) is 5.26 Å². The highest BCUT2D eigenvalue weighted by Gasteiger charge is 2.30.